The predicted molar refractivity (Wildman–Crippen MR) is 125 cm³/mol. The minimum atomic E-state index is -3.95. The number of hydrogen-bond donors (Lipinski definition) is 1. The number of hydrogen-bond acceptors (Lipinski definition) is 5. The Hall–Kier alpha value is -2.42. The van der Waals surface area contributed by atoms with Crippen molar-refractivity contribution in [2.45, 2.75) is 17.6 Å². The van der Waals surface area contributed by atoms with E-state index in [2.05, 4.69) is 5.32 Å². The van der Waals surface area contributed by atoms with E-state index in [1.54, 1.807) is 36.2 Å². The average Bonchev–Trinajstić information content (AvgIpc) is 3.25. The van der Waals surface area contributed by atoms with E-state index in [9.17, 15) is 13.2 Å². The van der Waals surface area contributed by atoms with Gasteiger partial charge in [0.2, 0.25) is 5.91 Å². The normalized spacial score (nSPS) is 11.3. The van der Waals surface area contributed by atoms with Crippen LogP contribution in [-0.4, -0.2) is 33.2 Å². The molecule has 3 rings (SSSR count). The van der Waals surface area contributed by atoms with Gasteiger partial charge in [0.1, 0.15) is 12.3 Å². The SMILES string of the molecule is Cc1cccc(N(CC(=O)NCCSCc2ccco2)S(=O)(=O)c2ccc(Cl)cc2)c1. The molecule has 31 heavy (non-hydrogen) atoms. The average molecular weight is 479 g/mol. The van der Waals surface area contributed by atoms with Gasteiger partial charge in [0.15, 0.2) is 0 Å². The minimum absolute atomic E-state index is 0.0696. The second kappa shape index (κ2) is 10.7. The van der Waals surface area contributed by atoms with Crippen molar-refractivity contribution in [2.75, 3.05) is 23.1 Å². The van der Waals surface area contributed by atoms with Crippen molar-refractivity contribution < 1.29 is 17.6 Å². The molecule has 1 heterocycles. The second-order valence-electron chi connectivity index (χ2n) is 6.79. The number of nitrogens with one attached hydrogen (secondary N) is 1. The summed E-state index contributed by atoms with van der Waals surface area (Å²) in [7, 11) is -3.95. The second-order valence-corrected chi connectivity index (χ2v) is 10.2. The number of rotatable bonds is 10. The molecule has 0 bridgehead atoms. The molecule has 3 aromatic rings. The molecule has 1 amide bonds. The van der Waals surface area contributed by atoms with Crippen LogP contribution in [0.25, 0.3) is 0 Å². The lowest BCUT2D eigenvalue weighted by molar-refractivity contribution is -0.119. The summed E-state index contributed by atoms with van der Waals surface area (Å²) in [6.45, 7) is 1.97. The van der Waals surface area contributed by atoms with Crippen LogP contribution in [0.15, 0.2) is 76.2 Å². The molecule has 0 saturated carbocycles. The molecule has 2 aromatic carbocycles. The maximum Gasteiger partial charge on any atom is 0.264 e. The third-order valence-electron chi connectivity index (χ3n) is 4.37. The van der Waals surface area contributed by atoms with Gasteiger partial charge in [-0.15, -0.1) is 0 Å². The molecular formula is C22H23ClN2O4S2. The molecule has 9 heteroatoms. The van der Waals surface area contributed by atoms with Crippen LogP contribution in [0.2, 0.25) is 5.02 Å². The van der Waals surface area contributed by atoms with Gasteiger partial charge in [-0.2, -0.15) is 11.8 Å². The summed E-state index contributed by atoms with van der Waals surface area (Å²) in [6.07, 6.45) is 1.62. The number of thioether (sulfide) groups is 1. The summed E-state index contributed by atoms with van der Waals surface area (Å²) in [5.41, 5.74) is 1.32. The number of carbonyl (C=O) groups is 1. The van der Waals surface area contributed by atoms with E-state index in [-0.39, 0.29) is 17.3 Å². The van der Waals surface area contributed by atoms with Crippen molar-refractivity contribution in [3.8, 4) is 0 Å². The lowest BCUT2D eigenvalue weighted by Gasteiger charge is -2.24. The fourth-order valence-corrected chi connectivity index (χ4v) is 5.14. The highest BCUT2D eigenvalue weighted by Gasteiger charge is 2.27. The van der Waals surface area contributed by atoms with Gasteiger partial charge >= 0.3 is 0 Å². The van der Waals surface area contributed by atoms with E-state index in [0.717, 1.165) is 15.6 Å². The number of benzene rings is 2. The van der Waals surface area contributed by atoms with Crippen LogP contribution >= 0.6 is 23.4 Å². The van der Waals surface area contributed by atoms with Crippen molar-refractivity contribution in [2.24, 2.45) is 0 Å². The molecule has 0 spiro atoms. The molecule has 1 N–H and O–H groups in total. The number of sulfonamides is 1. The summed E-state index contributed by atoms with van der Waals surface area (Å²) in [4.78, 5) is 12.6. The highest BCUT2D eigenvalue weighted by molar-refractivity contribution is 7.98. The number of halogens is 1. The maximum atomic E-state index is 13.3. The van der Waals surface area contributed by atoms with Gasteiger partial charge in [-0.05, 0) is 61.0 Å². The topological polar surface area (TPSA) is 79.6 Å². The van der Waals surface area contributed by atoms with Gasteiger partial charge in [-0.1, -0.05) is 23.7 Å². The van der Waals surface area contributed by atoms with E-state index in [0.29, 0.717) is 28.8 Å². The first-order chi connectivity index (χ1) is 14.9. The van der Waals surface area contributed by atoms with Gasteiger partial charge in [0.25, 0.3) is 10.0 Å². The Labute approximate surface area is 191 Å². The van der Waals surface area contributed by atoms with E-state index in [1.165, 1.54) is 24.3 Å². The Morgan fingerprint density at radius 1 is 1.13 bits per heavy atom. The largest absolute Gasteiger partial charge is 0.468 e. The standard InChI is InChI=1S/C22H23ClN2O4S2/c1-17-4-2-5-19(14-17)25(31(27,28)21-9-7-18(23)8-10-21)15-22(26)24-11-13-30-16-20-6-3-12-29-20/h2-10,12,14H,11,13,15-16H2,1H3,(H,24,26). The third-order valence-corrected chi connectivity index (χ3v) is 7.39. The first kappa shape index (κ1) is 23.2. The summed E-state index contributed by atoms with van der Waals surface area (Å²) in [5, 5.41) is 3.23. The summed E-state index contributed by atoms with van der Waals surface area (Å²) in [5.74, 6) is 1.89. The summed E-state index contributed by atoms with van der Waals surface area (Å²) < 4.78 is 33.0. The molecule has 0 saturated heterocycles. The third kappa shape index (κ3) is 6.53. The van der Waals surface area contributed by atoms with E-state index in [4.69, 9.17) is 16.0 Å². The number of anilines is 1. The molecule has 0 aliphatic rings. The van der Waals surface area contributed by atoms with Gasteiger partial charge in [-0.25, -0.2) is 8.42 Å². The van der Waals surface area contributed by atoms with E-state index < -0.39 is 10.0 Å². The van der Waals surface area contributed by atoms with Crippen LogP contribution in [0.5, 0.6) is 0 Å². The quantitative estimate of drug-likeness (QED) is 0.434. The fourth-order valence-electron chi connectivity index (χ4n) is 2.85. The summed E-state index contributed by atoms with van der Waals surface area (Å²) >= 11 is 7.52. The highest BCUT2D eigenvalue weighted by atomic mass is 35.5. The van der Waals surface area contributed by atoms with Gasteiger partial charge < -0.3 is 9.73 Å². The molecule has 0 aliphatic carbocycles. The zero-order valence-electron chi connectivity index (χ0n) is 17.0. The monoisotopic (exact) mass is 478 g/mol. The number of furan rings is 1. The van der Waals surface area contributed by atoms with E-state index in [1.807, 2.05) is 25.1 Å². The van der Waals surface area contributed by atoms with Crippen molar-refractivity contribution in [3.63, 3.8) is 0 Å². The minimum Gasteiger partial charge on any atom is -0.468 e. The molecule has 6 nitrogen and oxygen atoms in total. The predicted octanol–water partition coefficient (Wildman–Crippen LogP) is 4.49. The fraction of sp³-hybridized carbons (Fsp3) is 0.227. The Kier molecular flexibility index (Phi) is 8.06. The highest BCUT2D eigenvalue weighted by Crippen LogP contribution is 2.25. The molecule has 1 aromatic heterocycles. The van der Waals surface area contributed by atoms with Gasteiger partial charge in [0.05, 0.1) is 22.6 Å². The van der Waals surface area contributed by atoms with Crippen LogP contribution in [-0.2, 0) is 20.6 Å². The maximum absolute atomic E-state index is 13.3. The first-order valence-corrected chi connectivity index (χ1v) is 12.6. The van der Waals surface area contributed by atoms with Crippen molar-refractivity contribution >= 4 is 45.0 Å². The number of nitrogens with zero attached hydrogens (tertiary/aromatic N) is 1. The van der Waals surface area contributed by atoms with Crippen LogP contribution in [0.1, 0.15) is 11.3 Å². The molecular weight excluding hydrogens is 456 g/mol. The van der Waals surface area contributed by atoms with Crippen molar-refractivity contribution in [1.29, 1.82) is 0 Å². The lowest BCUT2D eigenvalue weighted by Crippen LogP contribution is -2.41. The molecule has 0 fully saturated rings. The zero-order valence-corrected chi connectivity index (χ0v) is 19.3. The van der Waals surface area contributed by atoms with Crippen molar-refractivity contribution in [1.82, 2.24) is 5.32 Å². The van der Waals surface area contributed by atoms with Crippen LogP contribution in [0.3, 0.4) is 0 Å². The number of carbonyl (C=O) groups excluding carboxylic acids is 1. The molecule has 0 atom stereocenters. The molecule has 164 valence electrons. The lowest BCUT2D eigenvalue weighted by atomic mass is 10.2. The molecule has 0 unspecified atom stereocenters. The van der Waals surface area contributed by atoms with Crippen LogP contribution < -0.4 is 9.62 Å². The molecule has 0 radical (unpaired) electrons. The van der Waals surface area contributed by atoms with Crippen LogP contribution in [0.4, 0.5) is 5.69 Å². The smallest absolute Gasteiger partial charge is 0.264 e. The Morgan fingerprint density at radius 3 is 2.58 bits per heavy atom. The first-order valence-electron chi connectivity index (χ1n) is 9.58. The number of amides is 1. The zero-order chi connectivity index (χ0) is 22.3. The number of aryl methyl sites for hydroxylation is 1. The van der Waals surface area contributed by atoms with Crippen LogP contribution in [0, 0.1) is 6.92 Å². The Bertz CT molecular complexity index is 1100. The Morgan fingerprint density at radius 2 is 1.90 bits per heavy atom. The van der Waals surface area contributed by atoms with Gasteiger partial charge in [-0.3, -0.25) is 9.10 Å². The summed E-state index contributed by atoms with van der Waals surface area (Å²) in [6, 6.07) is 16.7. The molecule has 0 aliphatic heterocycles. The Balaban J connectivity index is 1.68. The van der Waals surface area contributed by atoms with Crippen molar-refractivity contribution in [3.05, 3.63) is 83.3 Å². The van der Waals surface area contributed by atoms with Gasteiger partial charge in [0, 0.05) is 17.3 Å². The van der Waals surface area contributed by atoms with E-state index >= 15 is 0 Å².